The molecule has 0 aromatic carbocycles. The maximum Gasteiger partial charge on any atom is 0.0415 e. The molecule has 1 aromatic heterocycles. The third-order valence-electron chi connectivity index (χ3n) is 4.06. The Morgan fingerprint density at radius 1 is 1.33 bits per heavy atom. The van der Waals surface area contributed by atoms with Crippen molar-refractivity contribution in [1.82, 2.24) is 5.32 Å². The van der Waals surface area contributed by atoms with Crippen LogP contribution >= 0.6 is 23.1 Å². The van der Waals surface area contributed by atoms with Gasteiger partial charge in [0.25, 0.3) is 0 Å². The van der Waals surface area contributed by atoms with Crippen molar-refractivity contribution < 1.29 is 0 Å². The minimum Gasteiger partial charge on any atom is -0.312 e. The van der Waals surface area contributed by atoms with Gasteiger partial charge in [0, 0.05) is 21.5 Å². The average molecular weight is 284 g/mol. The Labute approximate surface area is 120 Å². The Balaban J connectivity index is 2.09. The van der Waals surface area contributed by atoms with Gasteiger partial charge < -0.3 is 5.32 Å². The molecular weight excluding hydrogens is 258 g/mol. The highest BCUT2D eigenvalue weighted by atomic mass is 32.2. The van der Waals surface area contributed by atoms with E-state index in [-0.39, 0.29) is 0 Å². The molecule has 0 bridgehead atoms. The van der Waals surface area contributed by atoms with Crippen molar-refractivity contribution in [2.24, 2.45) is 5.92 Å². The summed E-state index contributed by atoms with van der Waals surface area (Å²) in [4.78, 5) is 3.21. The molecule has 102 valence electrons. The molecular formula is C15H25NS2. The highest BCUT2D eigenvalue weighted by Crippen LogP contribution is 2.36. The quantitative estimate of drug-likeness (QED) is 0.817. The van der Waals surface area contributed by atoms with E-state index in [1.54, 1.807) is 15.3 Å². The van der Waals surface area contributed by atoms with Crippen LogP contribution in [0.2, 0.25) is 0 Å². The zero-order chi connectivity index (χ0) is 13.0. The first-order valence-corrected chi connectivity index (χ1v) is 9.12. The summed E-state index contributed by atoms with van der Waals surface area (Å²) in [7, 11) is 2.11. The maximum atomic E-state index is 3.53. The van der Waals surface area contributed by atoms with Crippen LogP contribution in [0.15, 0.2) is 6.07 Å². The van der Waals surface area contributed by atoms with Gasteiger partial charge >= 0.3 is 0 Å². The molecule has 18 heavy (non-hydrogen) atoms. The van der Waals surface area contributed by atoms with Crippen LogP contribution in [-0.4, -0.2) is 12.8 Å². The Hall–Kier alpha value is 0.01000. The van der Waals surface area contributed by atoms with E-state index in [1.165, 1.54) is 37.2 Å². The predicted octanol–water partition coefficient (Wildman–Crippen LogP) is 4.62. The third kappa shape index (κ3) is 3.31. The summed E-state index contributed by atoms with van der Waals surface area (Å²) in [6.45, 7) is 4.63. The minimum atomic E-state index is 0.565. The average Bonchev–Trinajstić information content (AvgIpc) is 2.84. The third-order valence-corrected chi connectivity index (χ3v) is 6.42. The molecule has 1 aliphatic heterocycles. The van der Waals surface area contributed by atoms with Crippen LogP contribution in [-0.2, 0) is 12.2 Å². The number of thioether (sulfide) groups is 1. The van der Waals surface area contributed by atoms with Crippen LogP contribution in [0, 0.1) is 5.92 Å². The van der Waals surface area contributed by atoms with Crippen molar-refractivity contribution in [2.75, 3.05) is 12.8 Å². The lowest BCUT2D eigenvalue weighted by Gasteiger charge is -2.20. The van der Waals surface area contributed by atoms with E-state index >= 15 is 0 Å². The summed E-state index contributed by atoms with van der Waals surface area (Å²) in [6.07, 6.45) is 5.17. The molecule has 0 amide bonds. The summed E-state index contributed by atoms with van der Waals surface area (Å²) in [5.41, 5.74) is 1.61. The first-order chi connectivity index (χ1) is 8.78. The smallest absolute Gasteiger partial charge is 0.0415 e. The van der Waals surface area contributed by atoms with Crippen LogP contribution < -0.4 is 5.32 Å². The number of hydrogen-bond acceptors (Lipinski definition) is 3. The van der Waals surface area contributed by atoms with Gasteiger partial charge in [0.15, 0.2) is 0 Å². The van der Waals surface area contributed by atoms with Crippen LogP contribution in [0.25, 0.3) is 0 Å². The second-order valence-corrected chi connectivity index (χ2v) is 7.43. The highest BCUT2D eigenvalue weighted by Gasteiger charge is 2.20. The van der Waals surface area contributed by atoms with Gasteiger partial charge in [-0.2, -0.15) is 11.8 Å². The second kappa shape index (κ2) is 6.97. The molecule has 1 unspecified atom stereocenters. The van der Waals surface area contributed by atoms with Crippen LogP contribution in [0.5, 0.6) is 0 Å². The largest absolute Gasteiger partial charge is 0.312 e. The zero-order valence-electron chi connectivity index (χ0n) is 11.8. The Kier molecular flexibility index (Phi) is 5.58. The zero-order valence-corrected chi connectivity index (χ0v) is 13.4. The fourth-order valence-electron chi connectivity index (χ4n) is 2.67. The minimum absolute atomic E-state index is 0.565. The summed E-state index contributed by atoms with van der Waals surface area (Å²) < 4.78 is 0. The van der Waals surface area contributed by atoms with Crippen molar-refractivity contribution in [3.8, 4) is 0 Å². The normalized spacial score (nSPS) is 16.9. The fourth-order valence-corrected chi connectivity index (χ4v) is 5.17. The number of rotatable bonds is 6. The molecule has 0 spiro atoms. The van der Waals surface area contributed by atoms with Gasteiger partial charge in [0.05, 0.1) is 0 Å². The topological polar surface area (TPSA) is 12.0 Å². The summed E-state index contributed by atoms with van der Waals surface area (Å²) >= 11 is 4.13. The van der Waals surface area contributed by atoms with Crippen molar-refractivity contribution in [2.45, 2.75) is 51.3 Å². The molecule has 0 saturated carbocycles. The Bertz CT molecular complexity index is 345. The van der Waals surface area contributed by atoms with Gasteiger partial charge in [-0.15, -0.1) is 11.3 Å². The number of fused-ring (bicyclic) bond motifs is 1. The van der Waals surface area contributed by atoms with E-state index in [2.05, 4.69) is 55.4 Å². The predicted molar refractivity (Wildman–Crippen MR) is 84.7 cm³/mol. The molecule has 0 aliphatic carbocycles. The molecule has 1 atom stereocenters. The fraction of sp³-hybridized carbons (Fsp3) is 0.733. The first-order valence-electron chi connectivity index (χ1n) is 7.14. The van der Waals surface area contributed by atoms with Crippen molar-refractivity contribution >= 4 is 23.1 Å². The monoisotopic (exact) mass is 283 g/mol. The number of hydrogen-bond donors (Lipinski definition) is 1. The maximum absolute atomic E-state index is 3.53. The molecule has 2 heterocycles. The molecule has 3 heteroatoms. The molecule has 1 aromatic rings. The van der Waals surface area contributed by atoms with E-state index in [0.717, 1.165) is 5.92 Å². The highest BCUT2D eigenvalue weighted by molar-refractivity contribution is 7.98. The summed E-state index contributed by atoms with van der Waals surface area (Å²) in [6, 6.07) is 3.03. The van der Waals surface area contributed by atoms with Gasteiger partial charge in [-0.05, 0) is 43.2 Å². The van der Waals surface area contributed by atoms with Crippen LogP contribution in [0.3, 0.4) is 0 Å². The van der Waals surface area contributed by atoms with E-state index < -0.39 is 0 Å². The van der Waals surface area contributed by atoms with Gasteiger partial charge in [0.2, 0.25) is 0 Å². The van der Waals surface area contributed by atoms with Crippen molar-refractivity contribution in [3.05, 3.63) is 21.4 Å². The number of nitrogens with one attached hydrogen (secondary N) is 1. The van der Waals surface area contributed by atoms with Crippen molar-refractivity contribution in [1.29, 1.82) is 0 Å². The van der Waals surface area contributed by atoms with E-state index in [9.17, 15) is 0 Å². The molecule has 1 nitrogen and oxygen atoms in total. The van der Waals surface area contributed by atoms with E-state index in [1.807, 2.05) is 0 Å². The van der Waals surface area contributed by atoms with Gasteiger partial charge in [-0.25, -0.2) is 0 Å². The lowest BCUT2D eigenvalue weighted by atomic mass is 9.94. The van der Waals surface area contributed by atoms with Gasteiger partial charge in [0.1, 0.15) is 0 Å². The Morgan fingerprint density at radius 2 is 2.11 bits per heavy atom. The molecule has 1 N–H and O–H groups in total. The first kappa shape index (κ1) is 14.4. The molecule has 0 radical (unpaired) electrons. The SMILES string of the molecule is CCC(CC)CC(NC)c1cc2c(s1)CCSC2. The lowest BCUT2D eigenvalue weighted by molar-refractivity contribution is 0.388. The van der Waals surface area contributed by atoms with Crippen LogP contribution in [0.1, 0.15) is 54.5 Å². The standard InChI is InChI=1S/C15H25NS2/c1-4-11(5-2)8-13(16-3)15-9-12-10-17-7-6-14(12)18-15/h9,11,13,16H,4-8,10H2,1-3H3. The number of aryl methyl sites for hydroxylation is 1. The van der Waals surface area contributed by atoms with Crippen molar-refractivity contribution in [3.63, 3.8) is 0 Å². The molecule has 2 rings (SSSR count). The van der Waals surface area contributed by atoms with Gasteiger partial charge in [-0.3, -0.25) is 0 Å². The lowest BCUT2D eigenvalue weighted by Crippen LogP contribution is -2.18. The summed E-state index contributed by atoms with van der Waals surface area (Å²) in [5, 5.41) is 3.53. The molecule has 0 fully saturated rings. The van der Waals surface area contributed by atoms with E-state index in [4.69, 9.17) is 0 Å². The number of thiophene rings is 1. The molecule has 1 aliphatic rings. The van der Waals surface area contributed by atoms with Crippen LogP contribution in [0.4, 0.5) is 0 Å². The van der Waals surface area contributed by atoms with E-state index in [0.29, 0.717) is 6.04 Å². The second-order valence-electron chi connectivity index (χ2n) is 5.16. The summed E-state index contributed by atoms with van der Waals surface area (Å²) in [5.74, 6) is 3.40. The Morgan fingerprint density at radius 3 is 2.72 bits per heavy atom. The molecule has 0 saturated heterocycles. The van der Waals surface area contributed by atoms with Gasteiger partial charge in [-0.1, -0.05) is 26.7 Å².